The number of anilines is 1. The molecule has 0 aromatic carbocycles. The SMILES string of the molecule is Cc1cccn2c(=O)c(C=C3SC(=S)N(C4CCCCC4)C3=O)c(NCCCn3ccnc3)nc12. The standard InChI is InChI=1S/C25H28N6O2S2/c1-17-7-5-13-30-22(17)28-21(27-10-6-12-29-14-11-26-16-29)19(23(30)32)15-20-24(33)31(25(34)35-20)18-8-3-2-4-9-18/h5,7,11,13-16,18,27H,2-4,6,8-10,12H2,1H3. The molecule has 0 atom stereocenters. The van der Waals surface area contributed by atoms with E-state index in [1.807, 2.05) is 29.8 Å². The monoisotopic (exact) mass is 508 g/mol. The number of imidazole rings is 1. The number of hydrogen-bond acceptors (Lipinski definition) is 7. The second-order valence-electron chi connectivity index (χ2n) is 8.99. The van der Waals surface area contributed by atoms with E-state index in [0.717, 1.165) is 44.2 Å². The Bertz CT molecular complexity index is 1340. The van der Waals surface area contributed by atoms with Crippen LogP contribution in [0.1, 0.15) is 49.7 Å². The summed E-state index contributed by atoms with van der Waals surface area (Å²) in [5.74, 6) is 0.379. The predicted octanol–water partition coefficient (Wildman–Crippen LogP) is 4.24. The fourth-order valence-electron chi connectivity index (χ4n) is 4.73. The van der Waals surface area contributed by atoms with E-state index in [1.54, 1.807) is 34.1 Å². The molecule has 3 aromatic rings. The molecular formula is C25H28N6O2S2. The van der Waals surface area contributed by atoms with E-state index in [1.165, 1.54) is 18.2 Å². The van der Waals surface area contributed by atoms with Gasteiger partial charge in [-0.1, -0.05) is 49.3 Å². The number of nitrogens with one attached hydrogen (secondary N) is 1. The lowest BCUT2D eigenvalue weighted by atomic mass is 9.94. The van der Waals surface area contributed by atoms with E-state index < -0.39 is 0 Å². The first kappa shape index (κ1) is 23.7. The van der Waals surface area contributed by atoms with Gasteiger partial charge < -0.3 is 9.88 Å². The summed E-state index contributed by atoms with van der Waals surface area (Å²) in [5, 5.41) is 3.34. The molecular weight excluding hydrogens is 480 g/mol. The van der Waals surface area contributed by atoms with Gasteiger partial charge in [-0.25, -0.2) is 9.97 Å². The molecule has 8 nitrogen and oxygen atoms in total. The molecule has 0 spiro atoms. The highest BCUT2D eigenvalue weighted by Gasteiger charge is 2.37. The summed E-state index contributed by atoms with van der Waals surface area (Å²) in [6.45, 7) is 3.35. The molecule has 0 unspecified atom stereocenters. The zero-order valence-corrected chi connectivity index (χ0v) is 21.3. The molecule has 1 aliphatic heterocycles. The van der Waals surface area contributed by atoms with Crippen LogP contribution in [0.5, 0.6) is 0 Å². The highest BCUT2D eigenvalue weighted by atomic mass is 32.2. The first-order valence-electron chi connectivity index (χ1n) is 12.0. The third-order valence-electron chi connectivity index (χ3n) is 6.57. The third-order valence-corrected chi connectivity index (χ3v) is 7.90. The van der Waals surface area contributed by atoms with E-state index in [9.17, 15) is 9.59 Å². The van der Waals surface area contributed by atoms with Crippen LogP contribution < -0.4 is 10.9 Å². The molecule has 3 aromatic heterocycles. The molecule has 1 saturated heterocycles. The van der Waals surface area contributed by atoms with Gasteiger partial charge in [0.05, 0.1) is 16.8 Å². The molecule has 182 valence electrons. The number of amides is 1. The maximum Gasteiger partial charge on any atom is 0.267 e. The molecule has 1 aliphatic carbocycles. The van der Waals surface area contributed by atoms with Gasteiger partial charge in [-0.05, 0) is 43.9 Å². The smallest absolute Gasteiger partial charge is 0.267 e. The maximum absolute atomic E-state index is 13.5. The summed E-state index contributed by atoms with van der Waals surface area (Å²) in [6.07, 6.45) is 15.1. The lowest BCUT2D eigenvalue weighted by molar-refractivity contribution is -0.124. The molecule has 1 amide bonds. The number of nitrogens with zero attached hydrogens (tertiary/aromatic N) is 5. The molecule has 10 heteroatoms. The second-order valence-corrected chi connectivity index (χ2v) is 10.7. The van der Waals surface area contributed by atoms with Gasteiger partial charge in [0.1, 0.15) is 15.8 Å². The Hall–Kier alpha value is -2.98. The number of carbonyl (C=O) groups is 1. The Labute approximate surface area is 213 Å². The Morgan fingerprint density at radius 3 is 2.83 bits per heavy atom. The van der Waals surface area contributed by atoms with Gasteiger partial charge >= 0.3 is 0 Å². The van der Waals surface area contributed by atoms with Crippen LogP contribution in [0, 0.1) is 6.92 Å². The number of thiocarbonyl (C=S) groups is 1. The van der Waals surface area contributed by atoms with E-state index >= 15 is 0 Å². The van der Waals surface area contributed by atoms with Crippen molar-refractivity contribution in [1.82, 2.24) is 23.8 Å². The van der Waals surface area contributed by atoms with Gasteiger partial charge in [-0.15, -0.1) is 0 Å². The van der Waals surface area contributed by atoms with Gasteiger partial charge in [-0.2, -0.15) is 0 Å². The topological polar surface area (TPSA) is 84.5 Å². The third kappa shape index (κ3) is 4.90. The summed E-state index contributed by atoms with van der Waals surface area (Å²) >= 11 is 6.86. The molecule has 5 rings (SSSR count). The highest BCUT2D eigenvalue weighted by Crippen LogP contribution is 2.37. The van der Waals surface area contributed by atoms with Crippen LogP contribution >= 0.6 is 24.0 Å². The minimum atomic E-state index is -0.209. The largest absolute Gasteiger partial charge is 0.369 e. The zero-order valence-electron chi connectivity index (χ0n) is 19.6. The quantitative estimate of drug-likeness (QED) is 0.290. The van der Waals surface area contributed by atoms with Crippen LogP contribution in [0.4, 0.5) is 5.82 Å². The van der Waals surface area contributed by atoms with Crippen LogP contribution in [-0.4, -0.2) is 46.6 Å². The average molecular weight is 509 g/mol. The zero-order chi connectivity index (χ0) is 24.4. The fourth-order valence-corrected chi connectivity index (χ4v) is 6.11. The van der Waals surface area contributed by atoms with Crippen LogP contribution in [0.3, 0.4) is 0 Å². The van der Waals surface area contributed by atoms with Crippen LogP contribution in [0.25, 0.3) is 11.7 Å². The molecule has 35 heavy (non-hydrogen) atoms. The average Bonchev–Trinajstić information content (AvgIpc) is 3.47. The first-order chi connectivity index (χ1) is 17.0. The molecule has 1 saturated carbocycles. The second kappa shape index (κ2) is 10.3. The summed E-state index contributed by atoms with van der Waals surface area (Å²) in [5.41, 5.74) is 1.67. The van der Waals surface area contributed by atoms with Crippen molar-refractivity contribution in [3.63, 3.8) is 0 Å². The predicted molar refractivity (Wildman–Crippen MR) is 143 cm³/mol. The summed E-state index contributed by atoms with van der Waals surface area (Å²) in [6, 6.07) is 3.91. The Kier molecular flexibility index (Phi) is 7.01. The lowest BCUT2D eigenvalue weighted by Gasteiger charge is -2.29. The Balaban J connectivity index is 1.46. The van der Waals surface area contributed by atoms with Gasteiger partial charge in [0.25, 0.3) is 11.5 Å². The van der Waals surface area contributed by atoms with Crippen molar-refractivity contribution < 1.29 is 4.79 Å². The number of aromatic nitrogens is 4. The van der Waals surface area contributed by atoms with Crippen molar-refractivity contribution in [1.29, 1.82) is 0 Å². The van der Waals surface area contributed by atoms with Gasteiger partial charge in [0.15, 0.2) is 0 Å². The Morgan fingerprint density at radius 1 is 1.23 bits per heavy atom. The van der Waals surface area contributed by atoms with Crippen molar-refractivity contribution in [2.24, 2.45) is 0 Å². The molecule has 2 aliphatic rings. The molecule has 0 bridgehead atoms. The number of aryl methyl sites for hydroxylation is 2. The van der Waals surface area contributed by atoms with Crippen molar-refractivity contribution in [3.8, 4) is 0 Å². The van der Waals surface area contributed by atoms with Gasteiger partial charge in [-0.3, -0.25) is 18.9 Å². The minimum Gasteiger partial charge on any atom is -0.369 e. The van der Waals surface area contributed by atoms with Crippen LogP contribution in [-0.2, 0) is 11.3 Å². The maximum atomic E-state index is 13.5. The number of pyridine rings is 1. The van der Waals surface area contributed by atoms with E-state index in [2.05, 4.69) is 10.3 Å². The number of hydrogen-bond donors (Lipinski definition) is 1. The Morgan fingerprint density at radius 2 is 2.06 bits per heavy atom. The summed E-state index contributed by atoms with van der Waals surface area (Å²) in [7, 11) is 0. The number of carbonyl (C=O) groups excluding carboxylic acids is 1. The summed E-state index contributed by atoms with van der Waals surface area (Å²) < 4.78 is 4.12. The van der Waals surface area contributed by atoms with E-state index in [4.69, 9.17) is 17.2 Å². The molecule has 2 fully saturated rings. The van der Waals surface area contributed by atoms with Gasteiger partial charge in [0.2, 0.25) is 0 Å². The van der Waals surface area contributed by atoms with Crippen molar-refractivity contribution >= 4 is 51.7 Å². The summed E-state index contributed by atoms with van der Waals surface area (Å²) in [4.78, 5) is 38.0. The highest BCUT2D eigenvalue weighted by molar-refractivity contribution is 8.26. The van der Waals surface area contributed by atoms with Crippen molar-refractivity contribution in [3.05, 3.63) is 63.4 Å². The van der Waals surface area contributed by atoms with Crippen LogP contribution in [0.2, 0.25) is 0 Å². The molecule has 4 heterocycles. The van der Waals surface area contributed by atoms with E-state index in [0.29, 0.717) is 32.8 Å². The van der Waals surface area contributed by atoms with Gasteiger partial charge in [0, 0.05) is 37.7 Å². The van der Waals surface area contributed by atoms with E-state index in [-0.39, 0.29) is 17.5 Å². The number of fused-ring (bicyclic) bond motifs is 1. The number of thioether (sulfide) groups is 1. The lowest BCUT2D eigenvalue weighted by Crippen LogP contribution is -2.39. The fraction of sp³-hybridized carbons (Fsp3) is 0.400. The minimum absolute atomic E-state index is 0.105. The van der Waals surface area contributed by atoms with Crippen molar-refractivity contribution in [2.45, 2.75) is 58.0 Å². The molecule has 1 N–H and O–H groups in total. The van der Waals surface area contributed by atoms with Crippen LogP contribution in [0.15, 0.2) is 46.8 Å². The van der Waals surface area contributed by atoms with Crippen molar-refractivity contribution in [2.75, 3.05) is 11.9 Å². The normalized spacial score (nSPS) is 18.2. The number of rotatable bonds is 7. The molecule has 0 radical (unpaired) electrons. The first-order valence-corrected chi connectivity index (χ1v) is 13.2.